The molecule has 1 heterocycles. The Balaban J connectivity index is 3.87. The fourth-order valence-corrected chi connectivity index (χ4v) is 1.24. The molecule has 0 aliphatic carbocycles. The predicted octanol–water partition coefficient (Wildman–Crippen LogP) is -1.00. The van der Waals surface area contributed by atoms with Gasteiger partial charge >= 0.3 is 5.69 Å². The van der Waals surface area contributed by atoms with Gasteiger partial charge in [-0.1, -0.05) is 0 Å². The van der Waals surface area contributed by atoms with Crippen LogP contribution in [0.15, 0.2) is 9.59 Å². The molecule has 0 unspecified atom stereocenters. The molecule has 6 nitrogen and oxygen atoms in total. The van der Waals surface area contributed by atoms with Gasteiger partial charge in [0.1, 0.15) is 11.9 Å². The zero-order chi connectivity index (χ0) is 10.9. The highest BCUT2D eigenvalue weighted by atomic mass is 16.2. The van der Waals surface area contributed by atoms with Gasteiger partial charge in [0.25, 0.3) is 5.56 Å². The van der Waals surface area contributed by atoms with Gasteiger partial charge in [-0.2, -0.15) is 5.26 Å². The quantitative estimate of drug-likeness (QED) is 0.621. The van der Waals surface area contributed by atoms with Crippen molar-refractivity contribution in [3.63, 3.8) is 0 Å². The summed E-state index contributed by atoms with van der Waals surface area (Å²) in [6.07, 6.45) is 0. The first-order valence-electron chi connectivity index (χ1n) is 3.92. The Hall–Kier alpha value is -2.03. The molecule has 0 saturated carbocycles. The van der Waals surface area contributed by atoms with Crippen LogP contribution in [0.25, 0.3) is 0 Å². The van der Waals surface area contributed by atoms with E-state index in [1.165, 1.54) is 18.7 Å². The second kappa shape index (κ2) is 3.38. The van der Waals surface area contributed by atoms with Gasteiger partial charge in [0, 0.05) is 21.1 Å². The van der Waals surface area contributed by atoms with E-state index < -0.39 is 11.2 Å². The highest BCUT2D eigenvalue weighted by molar-refractivity contribution is 5.50. The molecule has 0 aromatic carbocycles. The first-order chi connectivity index (χ1) is 6.54. The molecule has 0 aliphatic heterocycles. The van der Waals surface area contributed by atoms with Crippen LogP contribution >= 0.6 is 0 Å². The second-order valence-corrected chi connectivity index (χ2v) is 2.79. The minimum atomic E-state index is -0.583. The number of hydrogen-bond acceptors (Lipinski definition) is 4. The average molecular weight is 194 g/mol. The van der Waals surface area contributed by atoms with Crippen LogP contribution in [-0.4, -0.2) is 16.2 Å². The molecule has 1 rings (SSSR count). The van der Waals surface area contributed by atoms with E-state index in [9.17, 15) is 9.59 Å². The summed E-state index contributed by atoms with van der Waals surface area (Å²) in [5.74, 6) is 0.237. The largest absolute Gasteiger partial charge is 0.373 e. The lowest BCUT2D eigenvalue weighted by Gasteiger charge is -2.09. The van der Waals surface area contributed by atoms with E-state index in [2.05, 4.69) is 5.32 Å². The number of nitrogens with one attached hydrogen (secondary N) is 1. The van der Waals surface area contributed by atoms with Crippen molar-refractivity contribution in [3.05, 3.63) is 26.4 Å². The van der Waals surface area contributed by atoms with Crippen molar-refractivity contribution < 1.29 is 0 Å². The zero-order valence-electron chi connectivity index (χ0n) is 8.16. The molecule has 6 heteroatoms. The summed E-state index contributed by atoms with van der Waals surface area (Å²) in [6.45, 7) is 0. The van der Waals surface area contributed by atoms with E-state index in [0.717, 1.165) is 4.57 Å². The normalized spacial score (nSPS) is 9.57. The molecule has 14 heavy (non-hydrogen) atoms. The molecule has 0 amide bonds. The van der Waals surface area contributed by atoms with Gasteiger partial charge in [-0.3, -0.25) is 13.9 Å². The van der Waals surface area contributed by atoms with Crippen molar-refractivity contribution in [2.45, 2.75) is 0 Å². The summed E-state index contributed by atoms with van der Waals surface area (Å²) in [6, 6.07) is 1.77. The molecule has 0 aliphatic rings. The molecule has 1 N–H and O–H groups in total. The van der Waals surface area contributed by atoms with Crippen LogP contribution < -0.4 is 16.6 Å². The van der Waals surface area contributed by atoms with E-state index in [1.807, 2.05) is 0 Å². The Morgan fingerprint density at radius 2 is 1.86 bits per heavy atom. The summed E-state index contributed by atoms with van der Waals surface area (Å²) < 4.78 is 2.12. The molecule has 1 aromatic rings. The van der Waals surface area contributed by atoms with E-state index in [1.54, 1.807) is 13.1 Å². The van der Waals surface area contributed by atoms with Crippen LogP contribution in [0.2, 0.25) is 0 Å². The van der Waals surface area contributed by atoms with Crippen LogP contribution in [0.4, 0.5) is 5.82 Å². The first kappa shape index (κ1) is 10.1. The lowest BCUT2D eigenvalue weighted by molar-refractivity contribution is 0.688. The van der Waals surface area contributed by atoms with Crippen LogP contribution in [0, 0.1) is 11.3 Å². The van der Waals surface area contributed by atoms with Gasteiger partial charge in [-0.05, 0) is 0 Å². The molecule has 1 aromatic heterocycles. The number of nitrogens with zero attached hydrogens (tertiary/aromatic N) is 3. The Morgan fingerprint density at radius 1 is 1.29 bits per heavy atom. The van der Waals surface area contributed by atoms with Crippen LogP contribution in [0.5, 0.6) is 0 Å². The maximum absolute atomic E-state index is 11.4. The van der Waals surface area contributed by atoms with Crippen LogP contribution in [0.3, 0.4) is 0 Å². The van der Waals surface area contributed by atoms with E-state index in [-0.39, 0.29) is 11.4 Å². The molecule has 0 saturated heterocycles. The summed E-state index contributed by atoms with van der Waals surface area (Å²) >= 11 is 0. The van der Waals surface area contributed by atoms with Crippen molar-refractivity contribution in [1.82, 2.24) is 9.13 Å². The third-order valence-corrected chi connectivity index (χ3v) is 2.01. The van der Waals surface area contributed by atoms with Gasteiger partial charge in [-0.25, -0.2) is 4.79 Å². The minimum Gasteiger partial charge on any atom is -0.373 e. The standard InChI is InChI=1S/C8H10N4O2/c1-10-6-5(4-9)7(13)12(3)8(14)11(6)2/h10H,1-3H3. The molecule has 0 radical (unpaired) electrons. The number of rotatable bonds is 1. The molecular weight excluding hydrogens is 184 g/mol. The Morgan fingerprint density at radius 3 is 2.29 bits per heavy atom. The fourth-order valence-electron chi connectivity index (χ4n) is 1.24. The number of nitriles is 1. The van der Waals surface area contributed by atoms with Gasteiger partial charge < -0.3 is 5.32 Å². The second-order valence-electron chi connectivity index (χ2n) is 2.79. The Bertz CT molecular complexity index is 518. The molecule has 0 atom stereocenters. The van der Waals surface area contributed by atoms with Crippen molar-refractivity contribution in [3.8, 4) is 6.07 Å². The lowest BCUT2D eigenvalue weighted by Crippen LogP contribution is -2.39. The predicted molar refractivity (Wildman–Crippen MR) is 51.2 cm³/mol. The Kier molecular flexibility index (Phi) is 2.42. The fraction of sp³-hybridized carbons (Fsp3) is 0.375. The highest BCUT2D eigenvalue weighted by Crippen LogP contribution is 2.04. The van der Waals surface area contributed by atoms with Crippen molar-refractivity contribution >= 4 is 5.82 Å². The number of anilines is 1. The van der Waals surface area contributed by atoms with Crippen LogP contribution in [-0.2, 0) is 14.1 Å². The minimum absolute atomic E-state index is 0.0582. The molecule has 0 fully saturated rings. The average Bonchev–Trinajstić information content (AvgIpc) is 2.20. The molecule has 0 spiro atoms. The molecule has 0 bridgehead atoms. The number of hydrogen-bond donors (Lipinski definition) is 1. The SMILES string of the molecule is CNc1c(C#N)c(=O)n(C)c(=O)n1C. The lowest BCUT2D eigenvalue weighted by atomic mass is 10.3. The number of aromatic nitrogens is 2. The summed E-state index contributed by atoms with van der Waals surface area (Å²) in [5, 5.41) is 11.4. The van der Waals surface area contributed by atoms with Gasteiger partial charge in [0.15, 0.2) is 5.56 Å². The smallest absolute Gasteiger partial charge is 0.332 e. The monoisotopic (exact) mass is 194 g/mol. The van der Waals surface area contributed by atoms with Crippen molar-refractivity contribution in [2.75, 3.05) is 12.4 Å². The van der Waals surface area contributed by atoms with E-state index in [0.29, 0.717) is 0 Å². The van der Waals surface area contributed by atoms with Gasteiger partial charge in [0.2, 0.25) is 0 Å². The van der Waals surface area contributed by atoms with Crippen molar-refractivity contribution in [2.24, 2.45) is 14.1 Å². The van der Waals surface area contributed by atoms with Crippen molar-refractivity contribution in [1.29, 1.82) is 5.26 Å². The molecular formula is C8H10N4O2. The summed E-state index contributed by atoms with van der Waals surface area (Å²) in [4.78, 5) is 22.9. The molecule has 74 valence electrons. The Labute approximate surface area is 80.0 Å². The first-order valence-corrected chi connectivity index (χ1v) is 3.92. The third kappa shape index (κ3) is 1.19. The zero-order valence-corrected chi connectivity index (χ0v) is 8.16. The maximum Gasteiger partial charge on any atom is 0.332 e. The van der Waals surface area contributed by atoms with E-state index >= 15 is 0 Å². The third-order valence-electron chi connectivity index (χ3n) is 2.01. The van der Waals surface area contributed by atoms with Gasteiger partial charge in [-0.15, -0.1) is 0 Å². The summed E-state index contributed by atoms with van der Waals surface area (Å²) in [7, 11) is 4.38. The van der Waals surface area contributed by atoms with Crippen LogP contribution in [0.1, 0.15) is 5.56 Å². The highest BCUT2D eigenvalue weighted by Gasteiger charge is 2.13. The summed E-state index contributed by atoms with van der Waals surface area (Å²) in [5.41, 5.74) is -1.10. The van der Waals surface area contributed by atoms with E-state index in [4.69, 9.17) is 5.26 Å². The maximum atomic E-state index is 11.4. The van der Waals surface area contributed by atoms with Gasteiger partial charge in [0.05, 0.1) is 0 Å². The topological polar surface area (TPSA) is 79.8 Å².